The molecule has 0 unspecified atom stereocenters. The highest BCUT2D eigenvalue weighted by Crippen LogP contribution is 2.16. The van der Waals surface area contributed by atoms with Crippen molar-refractivity contribution in [3.8, 4) is 0 Å². The Hall–Kier alpha value is 0.880. The maximum atomic E-state index is 2.46. The highest BCUT2D eigenvalue weighted by molar-refractivity contribution is 4.50. The Morgan fingerprint density at radius 1 is 0.297 bits per heavy atom. The van der Waals surface area contributed by atoms with Crippen molar-refractivity contribution in [2.75, 3.05) is 47.9 Å². The summed E-state index contributed by atoms with van der Waals surface area (Å²) in [6, 6.07) is 0. The first-order chi connectivity index (χ1) is 16.8. The molecule has 0 aromatic rings. The summed E-state index contributed by atoms with van der Waals surface area (Å²) in [4.78, 5) is 0. The lowest BCUT2D eigenvalue weighted by Crippen LogP contribution is -3.00. The summed E-state index contributed by atoms with van der Waals surface area (Å²) < 4.78 is 2.37. The van der Waals surface area contributed by atoms with Gasteiger partial charge < -0.3 is 34.0 Å². The second-order valence-electron chi connectivity index (χ2n) is 13.2. The van der Waals surface area contributed by atoms with Crippen LogP contribution in [0.15, 0.2) is 0 Å². The van der Waals surface area contributed by atoms with Crippen molar-refractivity contribution >= 4 is 0 Å². The molecule has 0 saturated heterocycles. The summed E-state index contributed by atoms with van der Waals surface area (Å²) in [6.07, 6.45) is 34.7. The Labute approximate surface area is 257 Å². The Morgan fingerprint density at radius 2 is 0.486 bits per heavy atom. The van der Waals surface area contributed by atoms with Crippen LogP contribution in [0.4, 0.5) is 0 Å². The van der Waals surface area contributed by atoms with Crippen LogP contribution in [-0.4, -0.2) is 56.9 Å². The minimum atomic E-state index is 0. The Morgan fingerprint density at radius 3 is 0.703 bits per heavy atom. The van der Waals surface area contributed by atoms with Gasteiger partial charge in [-0.05, 0) is 25.7 Å². The molecule has 0 radical (unpaired) electrons. The molecule has 0 aliphatic heterocycles. The van der Waals surface area contributed by atoms with Crippen molar-refractivity contribution in [1.82, 2.24) is 0 Å². The number of rotatable bonds is 28. The van der Waals surface area contributed by atoms with E-state index in [1.54, 1.807) is 0 Å². The van der Waals surface area contributed by atoms with E-state index in [1.807, 2.05) is 0 Å². The number of hydrogen-bond donors (Lipinski definition) is 0. The van der Waals surface area contributed by atoms with Crippen LogP contribution in [0.3, 0.4) is 0 Å². The zero-order valence-electron chi connectivity index (χ0n) is 26.7. The van der Waals surface area contributed by atoms with Crippen molar-refractivity contribution < 1.29 is 42.9 Å². The van der Waals surface area contributed by atoms with Crippen LogP contribution >= 0.6 is 0 Å². The maximum Gasteiger partial charge on any atom is 0.206 e. The molecule has 0 amide bonds. The Bertz CT molecular complexity index is 389. The third kappa shape index (κ3) is 33.0. The first kappa shape index (κ1) is 42.3. The van der Waals surface area contributed by atoms with E-state index in [2.05, 4.69) is 42.0 Å². The lowest BCUT2D eigenvalue weighted by atomic mass is 10.1. The van der Waals surface area contributed by atoms with Crippen LogP contribution in [0.5, 0.6) is 0 Å². The van der Waals surface area contributed by atoms with Gasteiger partial charge in [0.1, 0.15) is 0 Å². The van der Waals surface area contributed by atoms with E-state index < -0.39 is 0 Å². The monoisotopic (exact) mass is 654 g/mol. The molecule has 0 saturated carbocycles. The fourth-order valence-corrected chi connectivity index (χ4v) is 5.94. The van der Waals surface area contributed by atoms with E-state index in [1.165, 1.54) is 183 Å². The normalized spacial score (nSPS) is 11.8. The zero-order chi connectivity index (χ0) is 26.1. The van der Waals surface area contributed by atoms with E-state index in [4.69, 9.17) is 0 Å². The van der Waals surface area contributed by atoms with Gasteiger partial charge in [0, 0.05) is 0 Å². The first-order valence-corrected chi connectivity index (χ1v) is 16.5. The average molecular weight is 657 g/mol. The minimum absolute atomic E-state index is 0. The minimum Gasteiger partial charge on any atom is -1.00 e. The molecule has 2 nitrogen and oxygen atoms in total. The van der Waals surface area contributed by atoms with Gasteiger partial charge in [-0.1, -0.05) is 142 Å². The molecule has 0 bridgehead atoms. The third-order valence-corrected chi connectivity index (χ3v) is 8.00. The van der Waals surface area contributed by atoms with Crippen molar-refractivity contribution in [2.45, 2.75) is 168 Å². The Balaban J connectivity index is -0.00000578. The fraction of sp³-hybridized carbons (Fsp3) is 1.00. The molecule has 37 heavy (non-hydrogen) atoms. The van der Waals surface area contributed by atoms with E-state index in [-0.39, 0.29) is 34.0 Å². The van der Waals surface area contributed by atoms with Gasteiger partial charge in [-0.25, -0.2) is 0 Å². The number of quaternary nitrogens is 2. The molecule has 0 aromatic heterocycles. The first-order valence-electron chi connectivity index (χ1n) is 16.5. The summed E-state index contributed by atoms with van der Waals surface area (Å²) in [5.41, 5.74) is 0. The molecular weight excluding hydrogens is 584 g/mol. The molecule has 0 aliphatic rings. The molecular formula is C33H72Br2N2. The average Bonchev–Trinajstić information content (AvgIpc) is 2.79. The predicted octanol–water partition coefficient (Wildman–Crippen LogP) is 4.51. The van der Waals surface area contributed by atoms with Gasteiger partial charge in [0.15, 0.2) is 0 Å². The number of unbranched alkanes of at least 4 members (excludes halogenated alkanes) is 22. The van der Waals surface area contributed by atoms with Gasteiger partial charge in [0.05, 0.1) is 41.3 Å². The van der Waals surface area contributed by atoms with Crippen molar-refractivity contribution in [1.29, 1.82) is 0 Å². The second-order valence-corrected chi connectivity index (χ2v) is 13.2. The SMILES string of the molecule is CCCCCCCCCCCCCC[N+](C)(C)C[N+](C)(C)CCCCCCCCCCCCCC.[Br-].[Br-]. The molecule has 228 valence electrons. The van der Waals surface area contributed by atoms with E-state index in [0.29, 0.717) is 0 Å². The van der Waals surface area contributed by atoms with E-state index in [0.717, 1.165) is 0 Å². The van der Waals surface area contributed by atoms with E-state index in [9.17, 15) is 0 Å². The molecule has 0 atom stereocenters. The van der Waals surface area contributed by atoms with E-state index >= 15 is 0 Å². The maximum absolute atomic E-state index is 2.46. The molecule has 0 rings (SSSR count). The van der Waals surface area contributed by atoms with Gasteiger partial charge in [-0.15, -0.1) is 0 Å². The van der Waals surface area contributed by atoms with Crippen LogP contribution in [0.2, 0.25) is 0 Å². The smallest absolute Gasteiger partial charge is 0.206 e. The van der Waals surface area contributed by atoms with Crippen LogP contribution in [0.1, 0.15) is 168 Å². The summed E-state index contributed by atoms with van der Waals surface area (Å²) >= 11 is 0. The molecule has 0 heterocycles. The number of halogens is 2. The largest absolute Gasteiger partial charge is 1.00 e. The van der Waals surface area contributed by atoms with Gasteiger partial charge in [0.25, 0.3) is 0 Å². The summed E-state index contributed by atoms with van der Waals surface area (Å²) in [7, 11) is 9.84. The highest BCUT2D eigenvalue weighted by Gasteiger charge is 2.26. The quantitative estimate of drug-likeness (QED) is 0.0662. The standard InChI is InChI=1S/C33H72N2.2BrH/c1-7-9-11-13-15-17-19-21-23-25-27-29-31-34(3,4)33-35(5,6)32-30-28-26-24-22-20-18-16-14-12-10-8-2;;/h7-33H2,1-6H3;2*1H/q+2;;/p-2. The number of nitrogens with zero attached hydrogens (tertiary/aromatic N) is 2. The number of hydrogen-bond acceptors (Lipinski definition) is 0. The van der Waals surface area contributed by atoms with Crippen LogP contribution in [-0.2, 0) is 0 Å². The van der Waals surface area contributed by atoms with Crippen molar-refractivity contribution in [3.05, 3.63) is 0 Å². The fourth-order valence-electron chi connectivity index (χ4n) is 5.94. The topological polar surface area (TPSA) is 0 Å². The van der Waals surface area contributed by atoms with Crippen LogP contribution < -0.4 is 34.0 Å². The lowest BCUT2D eigenvalue weighted by Gasteiger charge is -2.39. The lowest BCUT2D eigenvalue weighted by molar-refractivity contribution is -1.07. The van der Waals surface area contributed by atoms with Crippen LogP contribution in [0.25, 0.3) is 0 Å². The molecule has 4 heteroatoms. The molecule has 0 spiro atoms. The van der Waals surface area contributed by atoms with Gasteiger partial charge >= 0.3 is 0 Å². The van der Waals surface area contributed by atoms with Gasteiger partial charge in [-0.3, -0.25) is 8.97 Å². The zero-order valence-corrected chi connectivity index (χ0v) is 29.9. The highest BCUT2D eigenvalue weighted by atomic mass is 79.9. The van der Waals surface area contributed by atoms with Gasteiger partial charge in [-0.2, -0.15) is 0 Å². The predicted molar refractivity (Wildman–Crippen MR) is 161 cm³/mol. The van der Waals surface area contributed by atoms with Crippen molar-refractivity contribution in [3.63, 3.8) is 0 Å². The van der Waals surface area contributed by atoms with Gasteiger partial charge in [0.2, 0.25) is 6.67 Å². The van der Waals surface area contributed by atoms with Crippen LogP contribution in [0, 0.1) is 0 Å². The molecule has 0 fully saturated rings. The van der Waals surface area contributed by atoms with Crippen molar-refractivity contribution in [2.24, 2.45) is 0 Å². The molecule has 0 aliphatic carbocycles. The summed E-state index contributed by atoms with van der Waals surface area (Å²) in [5, 5.41) is 0. The second kappa shape index (κ2) is 29.9. The third-order valence-electron chi connectivity index (χ3n) is 8.00. The summed E-state index contributed by atoms with van der Waals surface area (Å²) in [5.74, 6) is 0. The Kier molecular flexibility index (Phi) is 34.2. The molecule has 0 aromatic carbocycles. The summed E-state index contributed by atoms with van der Waals surface area (Å²) in [6.45, 7) is 8.58. The molecule has 0 N–H and O–H groups in total.